The van der Waals surface area contributed by atoms with Gasteiger partial charge < -0.3 is 10.2 Å². The highest BCUT2D eigenvalue weighted by Gasteiger charge is 2.12. The molecular formula is C16H26N2OS. The summed E-state index contributed by atoms with van der Waals surface area (Å²) in [5, 5.41) is 3.40. The summed E-state index contributed by atoms with van der Waals surface area (Å²) in [5.74, 6) is 0.670. The molecule has 20 heavy (non-hydrogen) atoms. The molecule has 1 rings (SSSR count). The van der Waals surface area contributed by atoms with E-state index in [9.17, 15) is 4.79 Å². The highest BCUT2D eigenvalue weighted by Crippen LogP contribution is 2.22. The third kappa shape index (κ3) is 5.17. The number of carbonyl (C=O) groups is 1. The van der Waals surface area contributed by atoms with Gasteiger partial charge in [0.25, 0.3) is 0 Å². The number of hydrogen-bond donors (Lipinski definition) is 1. The predicted molar refractivity (Wildman–Crippen MR) is 87.2 cm³/mol. The summed E-state index contributed by atoms with van der Waals surface area (Å²) >= 11 is 1.60. The molecule has 0 saturated heterocycles. The van der Waals surface area contributed by atoms with E-state index in [2.05, 4.69) is 43.4 Å². The van der Waals surface area contributed by atoms with Gasteiger partial charge in [0, 0.05) is 24.0 Å². The molecule has 1 aromatic rings. The summed E-state index contributed by atoms with van der Waals surface area (Å²) in [6.45, 7) is 9.28. The van der Waals surface area contributed by atoms with Crippen molar-refractivity contribution in [2.24, 2.45) is 0 Å². The maximum Gasteiger partial charge on any atom is 0.232 e. The van der Waals surface area contributed by atoms with E-state index in [4.69, 9.17) is 0 Å². The summed E-state index contributed by atoms with van der Waals surface area (Å²) in [7, 11) is 1.86. The summed E-state index contributed by atoms with van der Waals surface area (Å²) in [4.78, 5) is 14.9. The second-order valence-electron chi connectivity index (χ2n) is 5.24. The summed E-state index contributed by atoms with van der Waals surface area (Å²) in [6, 6.07) is 9.01. The van der Waals surface area contributed by atoms with Gasteiger partial charge in [-0.3, -0.25) is 4.79 Å². The second kappa shape index (κ2) is 8.32. The summed E-state index contributed by atoms with van der Waals surface area (Å²) in [6.07, 6.45) is 0. The van der Waals surface area contributed by atoms with Crippen LogP contribution < -0.4 is 5.32 Å². The first kappa shape index (κ1) is 17.1. The molecule has 0 heterocycles. The molecule has 0 bridgehead atoms. The van der Waals surface area contributed by atoms with E-state index in [0.717, 1.165) is 11.4 Å². The molecular weight excluding hydrogens is 268 g/mol. The Bertz CT molecular complexity index is 434. The molecule has 0 spiro atoms. The van der Waals surface area contributed by atoms with Crippen molar-refractivity contribution in [3.63, 3.8) is 0 Å². The Kier molecular flexibility index (Phi) is 7.10. The Balaban J connectivity index is 2.60. The first-order valence-electron chi connectivity index (χ1n) is 7.17. The van der Waals surface area contributed by atoms with Gasteiger partial charge in [0.15, 0.2) is 0 Å². The number of rotatable bonds is 7. The first-order valence-corrected chi connectivity index (χ1v) is 8.16. The summed E-state index contributed by atoms with van der Waals surface area (Å²) < 4.78 is 0. The van der Waals surface area contributed by atoms with Crippen LogP contribution in [0.2, 0.25) is 0 Å². The minimum Gasteiger partial charge on any atom is -0.343 e. The monoisotopic (exact) mass is 294 g/mol. The number of nitrogens with one attached hydrogen (secondary N) is 1. The van der Waals surface area contributed by atoms with E-state index in [-0.39, 0.29) is 11.9 Å². The maximum atomic E-state index is 12.0. The molecule has 1 unspecified atom stereocenters. The molecule has 0 aliphatic rings. The quantitative estimate of drug-likeness (QED) is 0.783. The Morgan fingerprint density at radius 2 is 2.05 bits per heavy atom. The molecule has 1 N–H and O–H groups in total. The van der Waals surface area contributed by atoms with Crippen LogP contribution in [-0.4, -0.2) is 36.2 Å². The van der Waals surface area contributed by atoms with Crippen LogP contribution in [-0.2, 0) is 4.79 Å². The van der Waals surface area contributed by atoms with Crippen molar-refractivity contribution in [1.82, 2.24) is 10.2 Å². The van der Waals surface area contributed by atoms with Gasteiger partial charge in [-0.05, 0) is 45.0 Å². The molecule has 3 nitrogen and oxygen atoms in total. The normalized spacial score (nSPS) is 12.5. The van der Waals surface area contributed by atoms with Crippen LogP contribution in [0.15, 0.2) is 29.2 Å². The lowest BCUT2D eigenvalue weighted by atomic mass is 10.1. The molecule has 0 fully saturated rings. The third-order valence-electron chi connectivity index (χ3n) is 3.40. The van der Waals surface area contributed by atoms with Crippen LogP contribution >= 0.6 is 11.8 Å². The van der Waals surface area contributed by atoms with Crippen LogP contribution in [0.1, 0.15) is 39.3 Å². The van der Waals surface area contributed by atoms with E-state index in [1.54, 1.807) is 16.7 Å². The molecule has 0 aliphatic carbocycles. The van der Waals surface area contributed by atoms with Gasteiger partial charge in [-0.1, -0.05) is 19.1 Å². The number of hydrogen-bond acceptors (Lipinski definition) is 3. The van der Waals surface area contributed by atoms with Gasteiger partial charge in [0.2, 0.25) is 5.91 Å². The standard InChI is InChI=1S/C16H26N2OS/c1-6-17-13(4)14-8-7-9-15(10-14)20-11-16(19)18(5)12(2)3/h7-10,12-13,17H,6,11H2,1-5H3. The second-order valence-corrected chi connectivity index (χ2v) is 6.29. The van der Waals surface area contributed by atoms with Crippen molar-refractivity contribution >= 4 is 17.7 Å². The zero-order valence-corrected chi connectivity index (χ0v) is 14.0. The zero-order chi connectivity index (χ0) is 15.1. The smallest absolute Gasteiger partial charge is 0.232 e. The molecule has 0 radical (unpaired) electrons. The number of benzene rings is 1. The first-order chi connectivity index (χ1) is 9.45. The minimum atomic E-state index is 0.176. The lowest BCUT2D eigenvalue weighted by Gasteiger charge is -2.21. The molecule has 1 aromatic carbocycles. The number of amides is 1. The van der Waals surface area contributed by atoms with Crippen molar-refractivity contribution in [2.45, 2.75) is 44.7 Å². The van der Waals surface area contributed by atoms with Gasteiger partial charge >= 0.3 is 0 Å². The van der Waals surface area contributed by atoms with Gasteiger partial charge in [-0.15, -0.1) is 11.8 Å². The number of nitrogens with zero attached hydrogens (tertiary/aromatic N) is 1. The van der Waals surface area contributed by atoms with Gasteiger partial charge in [-0.25, -0.2) is 0 Å². The van der Waals surface area contributed by atoms with E-state index in [1.165, 1.54) is 5.56 Å². The molecule has 1 amide bonds. The van der Waals surface area contributed by atoms with Crippen LogP contribution in [0.25, 0.3) is 0 Å². The SMILES string of the molecule is CCNC(C)c1cccc(SCC(=O)N(C)C(C)C)c1. The minimum absolute atomic E-state index is 0.176. The molecule has 0 saturated carbocycles. The average Bonchev–Trinajstić information content (AvgIpc) is 2.44. The molecule has 112 valence electrons. The van der Waals surface area contributed by atoms with Crippen LogP contribution in [0.4, 0.5) is 0 Å². The highest BCUT2D eigenvalue weighted by molar-refractivity contribution is 8.00. The van der Waals surface area contributed by atoms with Gasteiger partial charge in [-0.2, -0.15) is 0 Å². The Morgan fingerprint density at radius 1 is 1.35 bits per heavy atom. The summed E-state index contributed by atoms with van der Waals surface area (Å²) in [5.41, 5.74) is 1.27. The largest absolute Gasteiger partial charge is 0.343 e. The topological polar surface area (TPSA) is 32.3 Å². The predicted octanol–water partition coefficient (Wildman–Crippen LogP) is 3.32. The fraction of sp³-hybridized carbons (Fsp3) is 0.562. The average molecular weight is 294 g/mol. The highest BCUT2D eigenvalue weighted by atomic mass is 32.2. The molecule has 0 aromatic heterocycles. The Hall–Kier alpha value is -1.00. The third-order valence-corrected chi connectivity index (χ3v) is 4.38. The fourth-order valence-electron chi connectivity index (χ4n) is 1.83. The van der Waals surface area contributed by atoms with Crippen LogP contribution in [0.3, 0.4) is 0 Å². The van der Waals surface area contributed by atoms with Gasteiger partial charge in [0.1, 0.15) is 0 Å². The van der Waals surface area contributed by atoms with E-state index in [1.807, 2.05) is 20.9 Å². The van der Waals surface area contributed by atoms with Crippen LogP contribution in [0, 0.1) is 0 Å². The van der Waals surface area contributed by atoms with Crippen molar-refractivity contribution in [1.29, 1.82) is 0 Å². The van der Waals surface area contributed by atoms with E-state index < -0.39 is 0 Å². The van der Waals surface area contributed by atoms with Gasteiger partial charge in [0.05, 0.1) is 5.75 Å². The number of thioether (sulfide) groups is 1. The Morgan fingerprint density at radius 3 is 2.65 bits per heavy atom. The fourth-order valence-corrected chi connectivity index (χ4v) is 2.72. The Labute approximate surface area is 127 Å². The molecule has 1 atom stereocenters. The van der Waals surface area contributed by atoms with E-state index in [0.29, 0.717) is 11.8 Å². The number of carbonyl (C=O) groups excluding carboxylic acids is 1. The van der Waals surface area contributed by atoms with Crippen molar-refractivity contribution < 1.29 is 4.79 Å². The lowest BCUT2D eigenvalue weighted by molar-refractivity contribution is -0.128. The molecule has 0 aliphatic heterocycles. The van der Waals surface area contributed by atoms with E-state index >= 15 is 0 Å². The maximum absolute atomic E-state index is 12.0. The zero-order valence-electron chi connectivity index (χ0n) is 13.1. The van der Waals surface area contributed by atoms with Crippen molar-refractivity contribution in [2.75, 3.05) is 19.3 Å². The van der Waals surface area contributed by atoms with Crippen LogP contribution in [0.5, 0.6) is 0 Å². The molecule has 4 heteroatoms. The van der Waals surface area contributed by atoms with Crippen molar-refractivity contribution in [3.8, 4) is 0 Å². The van der Waals surface area contributed by atoms with Crippen molar-refractivity contribution in [3.05, 3.63) is 29.8 Å². The lowest BCUT2D eigenvalue weighted by Crippen LogP contribution is -2.34.